The molecule has 3 atom stereocenters. The number of fused-ring (bicyclic) bond motifs is 2. The molecule has 3 saturated heterocycles. The Morgan fingerprint density at radius 1 is 1.20 bits per heavy atom. The quantitative estimate of drug-likeness (QED) is 0.261. The zero-order valence-electron chi connectivity index (χ0n) is 25.5. The van der Waals surface area contributed by atoms with Gasteiger partial charge >= 0.3 is 0 Å². The van der Waals surface area contributed by atoms with E-state index in [2.05, 4.69) is 25.2 Å². The second-order valence-electron chi connectivity index (χ2n) is 12.7. The fourth-order valence-corrected chi connectivity index (χ4v) is 7.26. The molecule has 3 N–H and O–H groups in total. The van der Waals surface area contributed by atoms with Gasteiger partial charge in [-0.1, -0.05) is 6.42 Å². The van der Waals surface area contributed by atoms with Crippen LogP contribution >= 0.6 is 0 Å². The summed E-state index contributed by atoms with van der Waals surface area (Å²) < 4.78 is 42.3. The zero-order chi connectivity index (χ0) is 30.7. The largest absolute Gasteiger partial charge is 0.508 e. The average Bonchev–Trinajstić information content (AvgIpc) is 3.38. The van der Waals surface area contributed by atoms with Gasteiger partial charge in [-0.05, 0) is 94.6 Å². The molecule has 3 aliphatic rings. The summed E-state index contributed by atoms with van der Waals surface area (Å²) in [5.74, 6) is -0.737. The van der Waals surface area contributed by atoms with Crippen molar-refractivity contribution in [2.24, 2.45) is 0 Å². The Morgan fingerprint density at radius 3 is 2.98 bits per heavy atom. The molecular weight excluding hydrogens is 568 g/mol. The first-order valence-electron chi connectivity index (χ1n) is 16.1. The highest BCUT2D eigenvalue weighted by atomic mass is 19.1. The number of hydrogen-bond acceptors (Lipinski definition) is 8. The SMILES string of the molecule is Cc1cc(O)cc(-c2ncc3c(=O)[nH]c(OC[C@@]45CCCN4C[C@H](F)C5)nc3c2F)c1CCCCCOC1CCCCNC1. The van der Waals surface area contributed by atoms with Crippen LogP contribution in [-0.2, 0) is 11.2 Å². The minimum atomic E-state index is -0.911. The molecule has 6 rings (SSSR count). The van der Waals surface area contributed by atoms with E-state index in [1.165, 1.54) is 25.1 Å². The van der Waals surface area contributed by atoms with Gasteiger partial charge in [0.2, 0.25) is 0 Å². The third-order valence-electron chi connectivity index (χ3n) is 9.55. The molecule has 0 spiro atoms. The number of nitrogens with one attached hydrogen (secondary N) is 2. The number of aromatic amines is 1. The maximum atomic E-state index is 16.2. The van der Waals surface area contributed by atoms with E-state index in [1.54, 1.807) is 6.07 Å². The highest BCUT2D eigenvalue weighted by Crippen LogP contribution is 2.40. The Hall–Kier alpha value is -3.15. The second kappa shape index (κ2) is 13.5. The van der Waals surface area contributed by atoms with Crippen molar-refractivity contribution in [1.82, 2.24) is 25.2 Å². The molecule has 3 aliphatic heterocycles. The summed E-state index contributed by atoms with van der Waals surface area (Å²) in [5.41, 5.74) is 1.10. The second-order valence-corrected chi connectivity index (χ2v) is 12.7. The lowest BCUT2D eigenvalue weighted by Crippen LogP contribution is -2.43. The van der Waals surface area contributed by atoms with Crippen LogP contribution in [0.4, 0.5) is 8.78 Å². The number of alkyl halides is 1. The van der Waals surface area contributed by atoms with E-state index in [0.29, 0.717) is 31.6 Å². The van der Waals surface area contributed by atoms with E-state index in [4.69, 9.17) is 9.47 Å². The number of ether oxygens (including phenoxy) is 2. The number of nitrogens with zero attached hydrogens (tertiary/aromatic N) is 3. The van der Waals surface area contributed by atoms with Gasteiger partial charge in [-0.3, -0.25) is 19.7 Å². The van der Waals surface area contributed by atoms with Crippen LogP contribution in [0.3, 0.4) is 0 Å². The van der Waals surface area contributed by atoms with E-state index in [1.807, 2.05) is 6.92 Å². The van der Waals surface area contributed by atoms with E-state index >= 15 is 4.39 Å². The molecule has 5 heterocycles. The highest BCUT2D eigenvalue weighted by molar-refractivity contribution is 5.83. The molecule has 0 saturated carbocycles. The Balaban J connectivity index is 1.18. The molecule has 2 aromatic heterocycles. The average molecular weight is 612 g/mol. The number of aryl methyl sites for hydroxylation is 1. The topological polar surface area (TPSA) is 113 Å². The number of halogens is 2. The van der Waals surface area contributed by atoms with Crippen molar-refractivity contribution in [1.29, 1.82) is 0 Å². The maximum Gasteiger partial charge on any atom is 0.297 e. The first-order chi connectivity index (χ1) is 21.3. The van der Waals surface area contributed by atoms with Crippen molar-refractivity contribution < 1.29 is 23.4 Å². The predicted molar refractivity (Wildman–Crippen MR) is 165 cm³/mol. The van der Waals surface area contributed by atoms with Crippen LogP contribution in [0, 0.1) is 12.7 Å². The van der Waals surface area contributed by atoms with Gasteiger partial charge in [0, 0.05) is 37.9 Å². The molecule has 11 heteroatoms. The molecule has 1 aromatic carbocycles. The number of H-pyrrole nitrogens is 1. The van der Waals surface area contributed by atoms with Gasteiger partial charge in [-0.15, -0.1) is 0 Å². The summed E-state index contributed by atoms with van der Waals surface area (Å²) in [7, 11) is 0. The lowest BCUT2D eigenvalue weighted by atomic mass is 9.93. The molecule has 0 radical (unpaired) electrons. The number of unbranched alkanes of at least 4 members (excludes halogenated alkanes) is 2. The van der Waals surface area contributed by atoms with E-state index < -0.39 is 23.1 Å². The first kappa shape index (κ1) is 30.9. The minimum absolute atomic E-state index is 0.00578. The fourth-order valence-electron chi connectivity index (χ4n) is 7.26. The van der Waals surface area contributed by atoms with Gasteiger partial charge in [0.05, 0.1) is 17.0 Å². The molecule has 0 aliphatic carbocycles. The molecule has 9 nitrogen and oxygen atoms in total. The number of pyridine rings is 1. The van der Waals surface area contributed by atoms with Crippen LogP contribution in [0.25, 0.3) is 22.2 Å². The summed E-state index contributed by atoms with van der Waals surface area (Å²) in [4.78, 5) is 26.2. The Labute approximate surface area is 256 Å². The number of phenolic OH excluding ortho intramolecular Hbond substituents is 1. The summed E-state index contributed by atoms with van der Waals surface area (Å²) in [6.07, 6.45) is 9.74. The molecule has 3 aromatic rings. The Bertz CT molecular complexity index is 1530. The first-order valence-corrected chi connectivity index (χ1v) is 16.1. The number of rotatable bonds is 11. The van der Waals surface area contributed by atoms with Gasteiger partial charge < -0.3 is 19.9 Å². The lowest BCUT2D eigenvalue weighted by Gasteiger charge is -2.30. The Morgan fingerprint density at radius 2 is 2.09 bits per heavy atom. The van der Waals surface area contributed by atoms with Crippen LogP contribution in [0.2, 0.25) is 0 Å². The van der Waals surface area contributed by atoms with E-state index in [9.17, 15) is 14.3 Å². The number of aromatic hydroxyl groups is 1. The van der Waals surface area contributed by atoms with Crippen LogP contribution in [-0.4, -0.2) is 82.2 Å². The van der Waals surface area contributed by atoms with Crippen LogP contribution in [0.1, 0.15) is 68.9 Å². The van der Waals surface area contributed by atoms with Crippen LogP contribution in [0.15, 0.2) is 23.1 Å². The Kier molecular flexibility index (Phi) is 9.44. The van der Waals surface area contributed by atoms with Gasteiger partial charge in [0.25, 0.3) is 11.6 Å². The molecule has 0 amide bonds. The van der Waals surface area contributed by atoms with E-state index in [0.717, 1.165) is 69.3 Å². The van der Waals surface area contributed by atoms with Crippen molar-refractivity contribution in [3.05, 3.63) is 45.6 Å². The van der Waals surface area contributed by atoms with Gasteiger partial charge in [-0.2, -0.15) is 4.98 Å². The molecule has 3 fully saturated rings. The lowest BCUT2D eigenvalue weighted by molar-refractivity contribution is 0.0483. The molecular formula is C33H43F2N5O4. The van der Waals surface area contributed by atoms with E-state index in [-0.39, 0.29) is 41.1 Å². The normalized spacial score (nSPS) is 24.1. The number of benzene rings is 1. The van der Waals surface area contributed by atoms with Crippen molar-refractivity contribution in [2.45, 2.75) is 88.9 Å². The van der Waals surface area contributed by atoms with Gasteiger partial charge in [-0.25, -0.2) is 8.78 Å². The number of aromatic nitrogens is 3. The van der Waals surface area contributed by atoms with Crippen molar-refractivity contribution >= 4 is 10.9 Å². The maximum absolute atomic E-state index is 16.2. The van der Waals surface area contributed by atoms with Crippen molar-refractivity contribution in [3.8, 4) is 23.0 Å². The molecule has 238 valence electrons. The monoisotopic (exact) mass is 611 g/mol. The summed E-state index contributed by atoms with van der Waals surface area (Å²) >= 11 is 0. The highest BCUT2D eigenvalue weighted by Gasteiger charge is 2.49. The molecule has 44 heavy (non-hydrogen) atoms. The summed E-state index contributed by atoms with van der Waals surface area (Å²) in [5, 5.41) is 13.9. The van der Waals surface area contributed by atoms with Crippen molar-refractivity contribution in [2.75, 3.05) is 39.4 Å². The number of hydrogen-bond donors (Lipinski definition) is 3. The van der Waals surface area contributed by atoms with Crippen LogP contribution < -0.4 is 15.6 Å². The minimum Gasteiger partial charge on any atom is -0.508 e. The molecule has 0 bridgehead atoms. The standard InChI is InChI=1S/C33H43F2N5O4/c1-21-14-23(41)15-26(25(21)9-3-2-6-13-43-24-8-4-5-11-36-17-24)29-28(35)30-27(18-37-29)31(42)39-32(38-30)44-20-33-10-7-12-40(33)19-22(34)16-33/h14-15,18,22,24,36,41H,2-13,16-17,19-20H2,1H3,(H,38,39,42)/t22-,24?,33+/m1/s1. The predicted octanol–water partition coefficient (Wildman–Crippen LogP) is 4.96. The summed E-state index contributed by atoms with van der Waals surface area (Å²) in [6, 6.07) is 3.09. The fraction of sp³-hybridized carbons (Fsp3) is 0.606. The molecule has 1 unspecified atom stereocenters. The third kappa shape index (κ3) is 6.60. The smallest absolute Gasteiger partial charge is 0.297 e. The van der Waals surface area contributed by atoms with Gasteiger partial charge in [0.1, 0.15) is 29.7 Å². The number of phenols is 1. The zero-order valence-corrected chi connectivity index (χ0v) is 25.5. The van der Waals surface area contributed by atoms with Gasteiger partial charge in [0.15, 0.2) is 5.82 Å². The van der Waals surface area contributed by atoms with Crippen LogP contribution in [0.5, 0.6) is 11.8 Å². The summed E-state index contributed by atoms with van der Waals surface area (Å²) in [6.45, 7) is 5.94. The third-order valence-corrected chi connectivity index (χ3v) is 9.55. The van der Waals surface area contributed by atoms with Crippen molar-refractivity contribution in [3.63, 3.8) is 0 Å².